The third-order valence-electron chi connectivity index (χ3n) is 5.96. The van der Waals surface area contributed by atoms with Gasteiger partial charge in [-0.15, -0.1) is 0 Å². The highest BCUT2D eigenvalue weighted by Crippen LogP contribution is 2.53. The minimum absolute atomic E-state index is 0.0433. The monoisotopic (exact) mass is 307 g/mol. The highest BCUT2D eigenvalue weighted by molar-refractivity contribution is 5.76. The average Bonchev–Trinajstić information content (AvgIpc) is 2.76. The molecule has 0 radical (unpaired) electrons. The number of nitrogens with one attached hydrogen (secondary N) is 1. The molecule has 4 heteroatoms. The van der Waals surface area contributed by atoms with Crippen LogP contribution in [0.1, 0.15) is 46.0 Å². The van der Waals surface area contributed by atoms with E-state index >= 15 is 0 Å². The van der Waals surface area contributed by atoms with E-state index in [0.717, 1.165) is 19.4 Å². The van der Waals surface area contributed by atoms with Gasteiger partial charge in [-0.2, -0.15) is 0 Å². The summed E-state index contributed by atoms with van der Waals surface area (Å²) in [6, 6.07) is 0. The van der Waals surface area contributed by atoms with Crippen molar-refractivity contribution in [2.75, 3.05) is 19.7 Å². The van der Waals surface area contributed by atoms with Gasteiger partial charge in [0.2, 0.25) is 0 Å². The SMILES string of the molecule is C[C@@H]1CCC[C@]2(C)C[C@H]3OC(=O)[C@@H](CNCCCO)[C@H]3C=C12. The Morgan fingerprint density at radius 3 is 3.09 bits per heavy atom. The molecule has 0 aromatic heterocycles. The Labute approximate surface area is 133 Å². The summed E-state index contributed by atoms with van der Waals surface area (Å²) >= 11 is 0. The van der Waals surface area contributed by atoms with E-state index in [1.165, 1.54) is 19.3 Å². The summed E-state index contributed by atoms with van der Waals surface area (Å²) < 4.78 is 5.71. The zero-order valence-electron chi connectivity index (χ0n) is 13.8. The maximum Gasteiger partial charge on any atom is 0.311 e. The Morgan fingerprint density at radius 1 is 1.50 bits per heavy atom. The van der Waals surface area contributed by atoms with E-state index in [0.29, 0.717) is 12.5 Å². The van der Waals surface area contributed by atoms with Gasteiger partial charge in [0.1, 0.15) is 6.10 Å². The van der Waals surface area contributed by atoms with E-state index < -0.39 is 0 Å². The number of hydrogen-bond donors (Lipinski definition) is 2. The van der Waals surface area contributed by atoms with Gasteiger partial charge < -0.3 is 15.2 Å². The first-order valence-corrected chi connectivity index (χ1v) is 8.79. The van der Waals surface area contributed by atoms with Crippen LogP contribution < -0.4 is 5.32 Å². The van der Waals surface area contributed by atoms with E-state index in [4.69, 9.17) is 9.84 Å². The fourth-order valence-electron chi connectivity index (χ4n) is 4.74. The summed E-state index contributed by atoms with van der Waals surface area (Å²) in [6.45, 7) is 6.28. The molecule has 0 amide bonds. The average molecular weight is 307 g/mol. The molecule has 3 rings (SSSR count). The molecular formula is C18H29NO3. The fraction of sp³-hybridized carbons (Fsp3) is 0.833. The zero-order valence-corrected chi connectivity index (χ0v) is 13.8. The Bertz CT molecular complexity index is 461. The van der Waals surface area contributed by atoms with Crippen molar-refractivity contribution < 1.29 is 14.6 Å². The quantitative estimate of drug-likeness (QED) is 0.465. The zero-order chi connectivity index (χ0) is 15.7. The van der Waals surface area contributed by atoms with Gasteiger partial charge in [-0.25, -0.2) is 0 Å². The number of carbonyl (C=O) groups excluding carboxylic acids is 1. The molecule has 2 aliphatic carbocycles. The lowest BCUT2D eigenvalue weighted by atomic mass is 9.59. The smallest absolute Gasteiger partial charge is 0.311 e. The summed E-state index contributed by atoms with van der Waals surface area (Å²) in [5.41, 5.74) is 1.80. The molecule has 5 atom stereocenters. The maximum absolute atomic E-state index is 12.3. The van der Waals surface area contributed by atoms with Crippen molar-refractivity contribution in [1.29, 1.82) is 0 Å². The molecule has 3 aliphatic rings. The number of rotatable bonds is 5. The maximum atomic E-state index is 12.3. The van der Waals surface area contributed by atoms with Crippen LogP contribution in [0.5, 0.6) is 0 Å². The summed E-state index contributed by atoms with van der Waals surface area (Å²) in [4.78, 5) is 12.3. The summed E-state index contributed by atoms with van der Waals surface area (Å²) in [7, 11) is 0. The van der Waals surface area contributed by atoms with E-state index in [9.17, 15) is 4.79 Å². The largest absolute Gasteiger partial charge is 0.461 e. The first-order chi connectivity index (χ1) is 10.5. The van der Waals surface area contributed by atoms with Crippen LogP contribution in [0.25, 0.3) is 0 Å². The van der Waals surface area contributed by atoms with Crippen LogP contribution in [0.15, 0.2) is 11.6 Å². The number of aliphatic hydroxyl groups excluding tert-OH is 1. The molecule has 0 aromatic carbocycles. The molecule has 0 unspecified atom stereocenters. The molecular weight excluding hydrogens is 278 g/mol. The van der Waals surface area contributed by atoms with Crippen LogP contribution in [0.2, 0.25) is 0 Å². The van der Waals surface area contributed by atoms with Gasteiger partial charge in [0.05, 0.1) is 5.92 Å². The number of allylic oxidation sites excluding steroid dienone is 1. The van der Waals surface area contributed by atoms with E-state index in [1.54, 1.807) is 5.57 Å². The Morgan fingerprint density at radius 2 is 2.32 bits per heavy atom. The van der Waals surface area contributed by atoms with Crippen LogP contribution in [0.3, 0.4) is 0 Å². The number of hydrogen-bond acceptors (Lipinski definition) is 4. The van der Waals surface area contributed by atoms with Crippen molar-refractivity contribution in [2.45, 2.75) is 52.1 Å². The van der Waals surface area contributed by atoms with Crippen LogP contribution >= 0.6 is 0 Å². The minimum Gasteiger partial charge on any atom is -0.461 e. The van der Waals surface area contributed by atoms with Crippen LogP contribution in [0.4, 0.5) is 0 Å². The Balaban J connectivity index is 1.74. The minimum atomic E-state index is -0.0603. The number of carbonyl (C=O) groups is 1. The predicted octanol–water partition coefficient (Wildman–Crippen LogP) is 2.27. The second kappa shape index (κ2) is 6.32. The molecule has 0 spiro atoms. The van der Waals surface area contributed by atoms with E-state index in [-0.39, 0.29) is 35.9 Å². The first-order valence-electron chi connectivity index (χ1n) is 8.79. The molecule has 0 bridgehead atoms. The standard InChI is InChI=1S/C18H29NO3/c1-12-5-3-6-18(2)10-16-13(9-15(12)18)14(17(21)22-16)11-19-7-4-8-20/h9,12-14,16,19-20H,3-8,10-11H2,1-2H3/t12-,13-,14+,16-,18-/m1/s1. The molecule has 2 fully saturated rings. The van der Waals surface area contributed by atoms with Crippen molar-refractivity contribution in [2.24, 2.45) is 23.2 Å². The summed E-state index contributed by atoms with van der Waals surface area (Å²) in [6.07, 6.45) is 7.96. The Hall–Kier alpha value is -0.870. The fourth-order valence-corrected chi connectivity index (χ4v) is 4.74. The van der Waals surface area contributed by atoms with Crippen molar-refractivity contribution in [1.82, 2.24) is 5.32 Å². The van der Waals surface area contributed by atoms with E-state index in [1.807, 2.05) is 0 Å². The third kappa shape index (κ3) is 2.83. The number of aliphatic hydroxyl groups is 1. The van der Waals surface area contributed by atoms with Crippen molar-refractivity contribution in [3.05, 3.63) is 11.6 Å². The van der Waals surface area contributed by atoms with Gasteiger partial charge in [-0.05, 0) is 43.6 Å². The lowest BCUT2D eigenvalue weighted by molar-refractivity contribution is -0.145. The highest BCUT2D eigenvalue weighted by atomic mass is 16.6. The molecule has 22 heavy (non-hydrogen) atoms. The molecule has 124 valence electrons. The normalized spacial score (nSPS) is 40.7. The Kier molecular flexibility index (Phi) is 4.60. The van der Waals surface area contributed by atoms with Gasteiger partial charge in [0.15, 0.2) is 0 Å². The molecule has 1 saturated heterocycles. The lowest BCUT2D eigenvalue weighted by Gasteiger charge is -2.46. The summed E-state index contributed by atoms with van der Waals surface area (Å²) in [5.74, 6) is 0.768. The van der Waals surface area contributed by atoms with Gasteiger partial charge in [0, 0.05) is 19.1 Å². The van der Waals surface area contributed by atoms with Gasteiger partial charge >= 0.3 is 5.97 Å². The number of fused-ring (bicyclic) bond motifs is 2. The van der Waals surface area contributed by atoms with Gasteiger partial charge in [0.25, 0.3) is 0 Å². The van der Waals surface area contributed by atoms with Crippen molar-refractivity contribution in [3.63, 3.8) is 0 Å². The van der Waals surface area contributed by atoms with E-state index in [2.05, 4.69) is 25.2 Å². The summed E-state index contributed by atoms with van der Waals surface area (Å²) in [5, 5.41) is 12.1. The molecule has 2 N–H and O–H groups in total. The third-order valence-corrected chi connectivity index (χ3v) is 5.96. The molecule has 1 saturated carbocycles. The van der Waals surface area contributed by atoms with Crippen molar-refractivity contribution in [3.8, 4) is 0 Å². The topological polar surface area (TPSA) is 58.6 Å². The van der Waals surface area contributed by atoms with Crippen LogP contribution in [0, 0.1) is 23.2 Å². The highest BCUT2D eigenvalue weighted by Gasteiger charge is 2.51. The predicted molar refractivity (Wildman–Crippen MR) is 85.3 cm³/mol. The van der Waals surface area contributed by atoms with Gasteiger partial charge in [-0.3, -0.25) is 4.79 Å². The number of esters is 1. The second-order valence-electron chi connectivity index (χ2n) is 7.62. The molecule has 4 nitrogen and oxygen atoms in total. The molecule has 0 aromatic rings. The van der Waals surface area contributed by atoms with Gasteiger partial charge in [-0.1, -0.05) is 31.9 Å². The van der Waals surface area contributed by atoms with Crippen LogP contribution in [-0.2, 0) is 9.53 Å². The lowest BCUT2D eigenvalue weighted by Crippen LogP contribution is -2.40. The molecule has 1 heterocycles. The van der Waals surface area contributed by atoms with Crippen LogP contribution in [-0.4, -0.2) is 36.9 Å². The van der Waals surface area contributed by atoms with Crippen molar-refractivity contribution >= 4 is 5.97 Å². The first kappa shape index (κ1) is 16.0. The number of ether oxygens (including phenoxy) is 1. The second-order valence-corrected chi connectivity index (χ2v) is 7.62. The molecule has 1 aliphatic heterocycles.